The van der Waals surface area contributed by atoms with Crippen molar-refractivity contribution in [2.75, 3.05) is 38.2 Å². The summed E-state index contributed by atoms with van der Waals surface area (Å²) in [7, 11) is 3.65. The molecule has 0 amide bonds. The lowest BCUT2D eigenvalue weighted by molar-refractivity contribution is -0.00485. The lowest BCUT2D eigenvalue weighted by atomic mass is 10.0. The van der Waals surface area contributed by atoms with Crippen molar-refractivity contribution in [1.29, 1.82) is 0 Å². The molecule has 2 aromatic heterocycles. The maximum absolute atomic E-state index is 10.1. The van der Waals surface area contributed by atoms with Gasteiger partial charge in [-0.15, -0.1) is 0 Å². The summed E-state index contributed by atoms with van der Waals surface area (Å²) < 4.78 is 13.7. The van der Waals surface area contributed by atoms with Crippen LogP contribution in [0.25, 0.3) is 22.8 Å². The van der Waals surface area contributed by atoms with Crippen molar-refractivity contribution in [3.63, 3.8) is 0 Å². The van der Waals surface area contributed by atoms with Gasteiger partial charge in [0.15, 0.2) is 11.0 Å². The number of benzene rings is 1. The van der Waals surface area contributed by atoms with Crippen LogP contribution in [0.5, 0.6) is 5.75 Å². The first-order chi connectivity index (χ1) is 18.6. The van der Waals surface area contributed by atoms with E-state index < -0.39 is 6.10 Å². The third-order valence-corrected chi connectivity index (χ3v) is 7.53. The fraction of sp³-hybridized carbons (Fsp3) is 0.536. The normalized spacial score (nSPS) is 15.3. The van der Waals surface area contributed by atoms with Crippen LogP contribution in [0.1, 0.15) is 37.8 Å². The molecule has 1 atom stereocenters. The number of rotatable bonds is 10. The number of aliphatic hydroxyl groups is 1. The maximum atomic E-state index is 10.1. The van der Waals surface area contributed by atoms with E-state index in [-0.39, 0.29) is 18.8 Å². The number of likely N-dealkylation sites (N-methyl/N-ethyl adjacent to an activating group) is 1. The number of ether oxygens (including phenoxy) is 2. The molecule has 3 aromatic rings. The number of nitrogens with zero attached hydrogens (tertiary/aromatic N) is 5. The number of aryl methyl sites for hydroxylation is 1. The van der Waals surface area contributed by atoms with Crippen molar-refractivity contribution < 1.29 is 14.6 Å². The predicted molar refractivity (Wildman–Crippen MR) is 156 cm³/mol. The van der Waals surface area contributed by atoms with E-state index in [1.54, 1.807) is 23.9 Å². The number of hydrogen-bond donors (Lipinski definition) is 2. The first-order valence-electron chi connectivity index (χ1n) is 13.3. The molecule has 9 nitrogen and oxygen atoms in total. The van der Waals surface area contributed by atoms with Crippen molar-refractivity contribution in [3.8, 4) is 28.5 Å². The predicted octanol–water partition coefficient (Wildman–Crippen LogP) is 4.82. The molecule has 39 heavy (non-hydrogen) atoms. The monoisotopic (exact) mass is 576 g/mol. The standard InChI is InChI=1S/C28H38Cl2N6O3/c1-16(2)39-20-9-11-36(12-10-20)28-17(3)24(25-18(4)26(30)34-35(25)6)32-27(33-28)22-13-21(7-8-23(22)29)38-15-19(37)14-31-5/h7-8,13,16,19-20,31,37H,9-12,14-15H2,1-6H3/t19-/m1/s1. The first kappa shape index (κ1) is 29.6. The molecule has 0 saturated carbocycles. The number of aromatic nitrogens is 4. The SMILES string of the molecule is CNC[C@@H](O)COc1ccc(Cl)c(-c2nc(-c3c(C)c(Cl)nn3C)c(C)c(N3CCC(OC(C)C)CC3)n2)c1. The maximum Gasteiger partial charge on any atom is 0.163 e. The molecule has 1 aromatic carbocycles. The molecule has 2 N–H and O–H groups in total. The summed E-state index contributed by atoms with van der Waals surface area (Å²) in [4.78, 5) is 12.3. The van der Waals surface area contributed by atoms with Crippen LogP contribution in [0, 0.1) is 13.8 Å². The zero-order chi connectivity index (χ0) is 28.3. The highest BCUT2D eigenvalue weighted by molar-refractivity contribution is 6.33. The average molecular weight is 578 g/mol. The number of aliphatic hydroxyl groups excluding tert-OH is 1. The van der Waals surface area contributed by atoms with Gasteiger partial charge >= 0.3 is 0 Å². The minimum Gasteiger partial charge on any atom is -0.491 e. The lowest BCUT2D eigenvalue weighted by Crippen LogP contribution is -2.39. The van der Waals surface area contributed by atoms with Gasteiger partial charge in [0.2, 0.25) is 0 Å². The Kier molecular flexibility index (Phi) is 9.72. The highest BCUT2D eigenvalue weighted by atomic mass is 35.5. The second-order valence-electron chi connectivity index (χ2n) is 10.3. The number of hydrogen-bond acceptors (Lipinski definition) is 8. The van der Waals surface area contributed by atoms with Gasteiger partial charge in [-0.1, -0.05) is 23.2 Å². The fourth-order valence-corrected chi connectivity index (χ4v) is 5.34. The molecule has 0 radical (unpaired) electrons. The van der Waals surface area contributed by atoms with Crippen molar-refractivity contribution in [2.45, 2.75) is 58.8 Å². The van der Waals surface area contributed by atoms with Crippen LogP contribution in [-0.2, 0) is 11.8 Å². The van der Waals surface area contributed by atoms with Crippen LogP contribution in [-0.4, -0.2) is 76.5 Å². The Hall–Kier alpha value is -2.43. The number of anilines is 1. The van der Waals surface area contributed by atoms with Crippen molar-refractivity contribution >= 4 is 29.0 Å². The summed E-state index contributed by atoms with van der Waals surface area (Å²) in [6.07, 6.45) is 1.64. The van der Waals surface area contributed by atoms with E-state index in [0.29, 0.717) is 33.9 Å². The molecule has 4 rings (SSSR count). The van der Waals surface area contributed by atoms with E-state index in [4.69, 9.17) is 42.6 Å². The Morgan fingerprint density at radius 2 is 1.85 bits per heavy atom. The summed E-state index contributed by atoms with van der Waals surface area (Å²) in [5.74, 6) is 1.90. The average Bonchev–Trinajstić information content (AvgIpc) is 3.15. The molecule has 11 heteroatoms. The fourth-order valence-electron chi connectivity index (χ4n) is 4.93. The zero-order valence-electron chi connectivity index (χ0n) is 23.5. The summed E-state index contributed by atoms with van der Waals surface area (Å²) in [5.41, 5.74) is 4.02. The molecule has 0 unspecified atom stereocenters. The van der Waals surface area contributed by atoms with Gasteiger partial charge in [-0.3, -0.25) is 4.68 Å². The highest BCUT2D eigenvalue weighted by Gasteiger charge is 2.27. The van der Waals surface area contributed by atoms with Gasteiger partial charge in [0.25, 0.3) is 0 Å². The van der Waals surface area contributed by atoms with E-state index in [0.717, 1.165) is 54.3 Å². The van der Waals surface area contributed by atoms with Crippen LogP contribution in [0.4, 0.5) is 5.82 Å². The summed E-state index contributed by atoms with van der Waals surface area (Å²) >= 11 is 13.1. The Morgan fingerprint density at radius 3 is 2.46 bits per heavy atom. The highest BCUT2D eigenvalue weighted by Crippen LogP contribution is 2.37. The van der Waals surface area contributed by atoms with E-state index in [1.807, 2.05) is 27.0 Å². The molecular formula is C28H38Cl2N6O3. The lowest BCUT2D eigenvalue weighted by Gasteiger charge is -2.34. The number of halogens is 2. The Balaban J connectivity index is 1.77. The van der Waals surface area contributed by atoms with Gasteiger partial charge in [-0.05, 0) is 65.8 Å². The van der Waals surface area contributed by atoms with Crippen LogP contribution < -0.4 is 15.0 Å². The quantitative estimate of drug-likeness (QED) is 0.354. The molecule has 1 aliphatic heterocycles. The van der Waals surface area contributed by atoms with Crippen LogP contribution in [0.2, 0.25) is 10.2 Å². The smallest absolute Gasteiger partial charge is 0.163 e. The summed E-state index contributed by atoms with van der Waals surface area (Å²) in [6.45, 7) is 10.3. The van der Waals surface area contributed by atoms with E-state index >= 15 is 0 Å². The number of piperidine rings is 1. The molecule has 212 valence electrons. The summed E-state index contributed by atoms with van der Waals surface area (Å²) in [6, 6.07) is 5.36. The Bertz CT molecular complexity index is 1290. The molecule has 0 aliphatic carbocycles. The third-order valence-electron chi connectivity index (χ3n) is 6.84. The van der Waals surface area contributed by atoms with Crippen molar-refractivity contribution in [1.82, 2.24) is 25.1 Å². The second kappa shape index (κ2) is 12.8. The van der Waals surface area contributed by atoms with Crippen molar-refractivity contribution in [2.24, 2.45) is 7.05 Å². The van der Waals surface area contributed by atoms with Crippen LogP contribution in [0.3, 0.4) is 0 Å². The zero-order valence-corrected chi connectivity index (χ0v) is 25.0. The topological polar surface area (TPSA) is 97.6 Å². The molecule has 1 fully saturated rings. The molecule has 0 spiro atoms. The van der Waals surface area contributed by atoms with Crippen LogP contribution in [0.15, 0.2) is 18.2 Å². The first-order valence-corrected chi connectivity index (χ1v) is 14.1. The minimum atomic E-state index is -0.636. The summed E-state index contributed by atoms with van der Waals surface area (Å²) in [5, 5.41) is 18.4. The van der Waals surface area contributed by atoms with Gasteiger partial charge in [-0.2, -0.15) is 5.10 Å². The van der Waals surface area contributed by atoms with Gasteiger partial charge in [0.1, 0.15) is 24.3 Å². The van der Waals surface area contributed by atoms with Gasteiger partial charge in [0, 0.05) is 43.4 Å². The van der Waals surface area contributed by atoms with Gasteiger partial charge in [-0.25, -0.2) is 9.97 Å². The largest absolute Gasteiger partial charge is 0.491 e. The number of nitrogens with one attached hydrogen (secondary N) is 1. The molecule has 1 saturated heterocycles. The molecule has 3 heterocycles. The Morgan fingerprint density at radius 1 is 1.13 bits per heavy atom. The van der Waals surface area contributed by atoms with Crippen molar-refractivity contribution in [3.05, 3.63) is 39.5 Å². The van der Waals surface area contributed by atoms with Gasteiger partial charge in [0.05, 0.1) is 28.6 Å². The Labute approximate surface area is 240 Å². The van der Waals surface area contributed by atoms with E-state index in [9.17, 15) is 5.11 Å². The molecular weight excluding hydrogens is 539 g/mol. The molecule has 0 bridgehead atoms. The molecule has 1 aliphatic rings. The van der Waals surface area contributed by atoms with E-state index in [2.05, 4.69) is 29.2 Å². The van der Waals surface area contributed by atoms with Crippen LogP contribution >= 0.6 is 23.2 Å². The van der Waals surface area contributed by atoms with Gasteiger partial charge < -0.3 is 24.8 Å². The third kappa shape index (κ3) is 6.84. The minimum absolute atomic E-state index is 0.146. The second-order valence-corrected chi connectivity index (χ2v) is 11.0. The van der Waals surface area contributed by atoms with E-state index in [1.165, 1.54) is 0 Å².